The molecule has 0 fully saturated rings. The first-order valence-corrected chi connectivity index (χ1v) is 26.1. The van der Waals surface area contributed by atoms with Gasteiger partial charge in [0.05, 0.1) is 29.4 Å². The van der Waals surface area contributed by atoms with Crippen molar-refractivity contribution >= 4 is 73.5 Å². The molecule has 3 aromatic heterocycles. The molecule has 0 aromatic carbocycles. The second kappa shape index (κ2) is 29.4. The van der Waals surface area contributed by atoms with Gasteiger partial charge in [0, 0.05) is 103 Å². The van der Waals surface area contributed by atoms with Gasteiger partial charge in [-0.25, -0.2) is 8.42 Å². The number of fused-ring (bicyclic) bond motifs is 8. The molecule has 23 heteroatoms. The number of carbonyl (C=O) groups is 6. The van der Waals surface area contributed by atoms with Crippen LogP contribution in [0.25, 0.3) is 22.1 Å². The van der Waals surface area contributed by atoms with Crippen LogP contribution in [0.1, 0.15) is 182 Å². The number of nitrogens with two attached hydrogens (primary N) is 2. The molecule has 7 N–H and O–H groups in total. The van der Waals surface area contributed by atoms with E-state index in [0.717, 1.165) is 12.8 Å². The summed E-state index contributed by atoms with van der Waals surface area (Å²) in [5, 5.41) is 15.0. The number of aliphatic carboxylic acids is 1. The molecule has 5 atom stereocenters. The Balaban J connectivity index is 0.00000722. The fourth-order valence-corrected chi connectivity index (χ4v) is 10.0. The molecular weight excluding hydrogens is 1090 g/mol. The SMILES string of the molecule is CC[C@H]1c2cc3[n-]c(c(CC(=O)OC)c4nc(cc5[n-]c(cc(n2)C1C)c(C(C)=O)c5C)C(C)[C@@H]4CCC(=O)NCC(CCC(=O)O)CCC(=O)CCCCCN=C(N)N)c(C(=O)NCCS(=O)(=O)[O-])c3C.[K+].[Pd+2]. The van der Waals surface area contributed by atoms with Crippen LogP contribution in [0.2, 0.25) is 0 Å². The number of aryl methyl sites for hydroxylation is 2. The van der Waals surface area contributed by atoms with Crippen LogP contribution in [-0.2, 0) is 60.9 Å². The first-order valence-electron chi connectivity index (χ1n) is 24.5. The standard InChI is InChI=1S/C51H71N9O11S.K.Pd/c1-8-34-27(2)37-25-42-46(31(6)61)29(4)39(58-42)23-38-28(3)35(16-17-43(63)56-26-32(14-18-44(64)65)13-15-33(62)12-10-9-11-19-55-51(52)53)48(59-38)36(22-45(66)71-7)49-47(50(67)54-20-21-72(68,69)70)30(5)40(60-49)24-41(34)57-37;;/h23-25,27-28,32,34-35H,8-22,26H2,1-7H3,(H10,52,53,54,55,56,57,58,59,60,61,63,64,65,67,68,69,70);;/q;+1;+2/p-3/t27?,28?,32?,34-,35+;;/m1../s1. The predicted molar refractivity (Wildman–Crippen MR) is 270 cm³/mol. The van der Waals surface area contributed by atoms with Gasteiger partial charge < -0.3 is 46.5 Å². The van der Waals surface area contributed by atoms with Crippen LogP contribution in [0.15, 0.2) is 23.2 Å². The minimum Gasteiger partial charge on any atom is -0.748 e. The molecule has 8 bridgehead atoms. The second-order valence-electron chi connectivity index (χ2n) is 18.9. The van der Waals surface area contributed by atoms with Crippen LogP contribution in [0.5, 0.6) is 0 Å². The van der Waals surface area contributed by atoms with E-state index in [9.17, 15) is 46.8 Å². The van der Waals surface area contributed by atoms with E-state index < -0.39 is 58.5 Å². The molecule has 0 aliphatic carbocycles. The average Bonchev–Trinajstić information content (AvgIpc) is 4.00. The van der Waals surface area contributed by atoms with Crippen molar-refractivity contribution in [3.05, 3.63) is 68.8 Å². The zero-order chi connectivity index (χ0) is 53.0. The molecule has 2 aliphatic heterocycles. The number of Topliss-reactive ketones (excluding diaryl/α,β-unsaturated/α-hetero) is 2. The van der Waals surface area contributed by atoms with Crippen molar-refractivity contribution in [2.75, 3.05) is 32.5 Å². The van der Waals surface area contributed by atoms with Gasteiger partial charge in [-0.3, -0.25) is 43.7 Å². The Labute approximate surface area is 488 Å². The first-order chi connectivity index (χ1) is 34.0. The Morgan fingerprint density at radius 3 is 2.11 bits per heavy atom. The minimum atomic E-state index is -4.69. The number of amides is 2. The molecule has 20 nitrogen and oxygen atoms in total. The summed E-state index contributed by atoms with van der Waals surface area (Å²) in [7, 11) is -3.48. The number of ether oxygens (including phenoxy) is 1. The second-order valence-corrected chi connectivity index (χ2v) is 20.4. The Hall–Kier alpha value is -4.18. The third kappa shape index (κ3) is 17.4. The van der Waals surface area contributed by atoms with Crippen molar-refractivity contribution < 1.29 is 123 Å². The third-order valence-corrected chi connectivity index (χ3v) is 14.5. The van der Waals surface area contributed by atoms with E-state index in [2.05, 4.69) is 15.6 Å². The molecule has 2 aliphatic rings. The summed E-state index contributed by atoms with van der Waals surface area (Å²) in [4.78, 5) is 103. The Kier molecular flexibility index (Phi) is 25.4. The molecule has 74 heavy (non-hydrogen) atoms. The molecule has 2 amide bonds. The summed E-state index contributed by atoms with van der Waals surface area (Å²) in [5.74, 6) is -5.29. The molecule has 0 spiro atoms. The number of unbranched alkanes of at least 4 members (excludes halogenated alkanes) is 2. The van der Waals surface area contributed by atoms with Gasteiger partial charge in [-0.2, -0.15) is 0 Å². The smallest absolute Gasteiger partial charge is 0.748 e. The summed E-state index contributed by atoms with van der Waals surface area (Å²) in [5.41, 5.74) is 16.0. The predicted octanol–water partition coefficient (Wildman–Crippen LogP) is 2.13. The number of aliphatic imine (C=N–C) groups is 1. The van der Waals surface area contributed by atoms with Gasteiger partial charge in [0.15, 0.2) is 11.7 Å². The van der Waals surface area contributed by atoms with Gasteiger partial charge in [0.25, 0.3) is 0 Å². The number of ketones is 2. The van der Waals surface area contributed by atoms with E-state index in [0.29, 0.717) is 88.2 Å². The van der Waals surface area contributed by atoms with Crippen molar-refractivity contribution in [2.45, 2.75) is 142 Å². The van der Waals surface area contributed by atoms with Gasteiger partial charge in [-0.05, 0) is 70.8 Å². The van der Waals surface area contributed by atoms with E-state index in [4.69, 9.17) is 36.1 Å². The number of carboxylic acids is 1. The molecule has 400 valence electrons. The zero-order valence-electron chi connectivity index (χ0n) is 43.6. The number of hydrogen-bond donors (Lipinski definition) is 5. The van der Waals surface area contributed by atoms with Crippen LogP contribution >= 0.6 is 0 Å². The van der Waals surface area contributed by atoms with Crippen LogP contribution in [-0.4, -0.2) is 102 Å². The van der Waals surface area contributed by atoms with E-state index in [1.165, 1.54) is 14.0 Å². The summed E-state index contributed by atoms with van der Waals surface area (Å²) >= 11 is 0. The molecule has 3 aromatic rings. The van der Waals surface area contributed by atoms with Crippen LogP contribution in [0.4, 0.5) is 0 Å². The topological polar surface area (TPSA) is 332 Å². The van der Waals surface area contributed by atoms with Crippen molar-refractivity contribution in [1.82, 2.24) is 30.6 Å². The summed E-state index contributed by atoms with van der Waals surface area (Å²) in [6.07, 6.45) is 3.63. The maximum Gasteiger partial charge on any atom is 2.00 e. The zero-order valence-corrected chi connectivity index (χ0v) is 49.1. The molecule has 0 radical (unpaired) electrons. The monoisotopic (exact) mass is 1160 g/mol. The van der Waals surface area contributed by atoms with Gasteiger partial charge in [-0.1, -0.05) is 56.5 Å². The summed E-state index contributed by atoms with van der Waals surface area (Å²) in [6.45, 7) is 11.0. The van der Waals surface area contributed by atoms with E-state index >= 15 is 0 Å². The number of carbonyl (C=O) groups excluding carboxylic acids is 5. The third-order valence-electron chi connectivity index (χ3n) is 13.8. The molecule has 5 heterocycles. The van der Waals surface area contributed by atoms with Crippen LogP contribution in [0, 0.1) is 19.8 Å². The molecule has 0 saturated heterocycles. The molecule has 0 saturated carbocycles. The number of guanidine groups is 1. The number of aromatic nitrogens is 4. The van der Waals surface area contributed by atoms with Gasteiger partial charge >= 0.3 is 83.7 Å². The fourth-order valence-electron chi connectivity index (χ4n) is 9.68. The van der Waals surface area contributed by atoms with Crippen molar-refractivity contribution in [1.29, 1.82) is 0 Å². The quantitative estimate of drug-likeness (QED) is 0.0154. The number of carboxylic acid groups (broad SMARTS) is 1. The van der Waals surface area contributed by atoms with E-state index in [1.807, 2.05) is 33.8 Å². The average molecular weight is 1160 g/mol. The first kappa shape index (κ1) is 64.1. The largest absolute Gasteiger partial charge is 2.00 e. The molecule has 5 rings (SSSR count). The Morgan fingerprint density at radius 1 is 0.851 bits per heavy atom. The number of rotatable bonds is 25. The Bertz CT molecular complexity index is 2860. The molecule has 3 unspecified atom stereocenters. The van der Waals surface area contributed by atoms with Crippen LogP contribution < -0.4 is 83.5 Å². The summed E-state index contributed by atoms with van der Waals surface area (Å²) in [6, 6.07) is 5.38. The number of hydrogen-bond acceptors (Lipinski definition) is 13. The Morgan fingerprint density at radius 2 is 1.47 bits per heavy atom. The van der Waals surface area contributed by atoms with Gasteiger partial charge in [0.2, 0.25) is 11.8 Å². The number of esters is 1. The molecular formula is C51H68KN9O11PdS. The van der Waals surface area contributed by atoms with E-state index in [-0.39, 0.29) is 168 Å². The number of nitrogens with zero attached hydrogens (tertiary/aromatic N) is 5. The van der Waals surface area contributed by atoms with Crippen molar-refractivity contribution in [3.8, 4) is 0 Å². The number of methoxy groups -OCH3 is 1. The minimum absolute atomic E-state index is 0. The fraction of sp³-hybridized carbons (Fsp3) is 0.549. The van der Waals surface area contributed by atoms with Crippen molar-refractivity contribution in [2.24, 2.45) is 22.4 Å². The number of nitrogens with one attached hydrogen (secondary N) is 2. The normalized spacial score (nSPS) is 16.5. The maximum atomic E-state index is 14.3. The van der Waals surface area contributed by atoms with Gasteiger partial charge in [-0.15, -0.1) is 22.1 Å². The summed E-state index contributed by atoms with van der Waals surface area (Å²) < 4.78 is 39.9. The maximum absolute atomic E-state index is 14.3. The van der Waals surface area contributed by atoms with Crippen molar-refractivity contribution in [3.63, 3.8) is 0 Å². The van der Waals surface area contributed by atoms with Gasteiger partial charge in [0.1, 0.15) is 5.78 Å². The van der Waals surface area contributed by atoms with E-state index in [1.54, 1.807) is 19.1 Å². The van der Waals surface area contributed by atoms with Crippen LogP contribution in [0.3, 0.4) is 0 Å².